The molecule has 2 rings (SSSR count). The van der Waals surface area contributed by atoms with Gasteiger partial charge in [0.05, 0.1) is 6.61 Å². The number of carbonyl (C=O) groups is 2. The average molecular weight is 269 g/mol. The van der Waals surface area contributed by atoms with Crippen LogP contribution in [0.2, 0.25) is 0 Å². The summed E-state index contributed by atoms with van der Waals surface area (Å²) in [6.07, 6.45) is 3.15. The number of piperazine rings is 1. The predicted octanol–water partition coefficient (Wildman–Crippen LogP) is -0.772. The van der Waals surface area contributed by atoms with Crippen LogP contribution in [0.1, 0.15) is 32.6 Å². The largest absolute Gasteiger partial charge is 0.394 e. The quantitative estimate of drug-likeness (QED) is 0.626. The first-order chi connectivity index (χ1) is 9.15. The van der Waals surface area contributed by atoms with E-state index in [0.29, 0.717) is 19.4 Å². The Kier molecular flexibility index (Phi) is 4.42. The van der Waals surface area contributed by atoms with Gasteiger partial charge in [0, 0.05) is 6.54 Å². The van der Waals surface area contributed by atoms with Gasteiger partial charge in [-0.2, -0.15) is 0 Å². The molecule has 3 N–H and O–H groups in total. The summed E-state index contributed by atoms with van der Waals surface area (Å²) >= 11 is 0. The third kappa shape index (κ3) is 2.47. The highest BCUT2D eigenvalue weighted by molar-refractivity contribution is 6.00. The molecular formula is C13H23N3O3. The maximum absolute atomic E-state index is 12.4. The van der Waals surface area contributed by atoms with Gasteiger partial charge in [0.1, 0.15) is 11.6 Å². The van der Waals surface area contributed by atoms with Crippen molar-refractivity contribution in [3.8, 4) is 0 Å². The van der Waals surface area contributed by atoms with Crippen molar-refractivity contribution in [2.24, 2.45) is 0 Å². The molecule has 108 valence electrons. The van der Waals surface area contributed by atoms with Crippen molar-refractivity contribution in [3.05, 3.63) is 0 Å². The molecule has 2 aliphatic rings. The summed E-state index contributed by atoms with van der Waals surface area (Å²) in [4.78, 5) is 26.5. The summed E-state index contributed by atoms with van der Waals surface area (Å²) in [6, 6.07) is -0.773. The summed E-state index contributed by atoms with van der Waals surface area (Å²) in [5, 5.41) is 15.1. The Morgan fingerprint density at radius 3 is 2.63 bits per heavy atom. The molecular weight excluding hydrogens is 246 g/mol. The van der Waals surface area contributed by atoms with Gasteiger partial charge in [-0.3, -0.25) is 9.59 Å². The second kappa shape index (κ2) is 5.88. The summed E-state index contributed by atoms with van der Waals surface area (Å²) in [6.45, 7) is 3.81. The maximum Gasteiger partial charge on any atom is 0.248 e. The van der Waals surface area contributed by atoms with Crippen LogP contribution < -0.4 is 10.6 Å². The molecule has 0 aromatic carbocycles. The zero-order valence-corrected chi connectivity index (χ0v) is 11.4. The van der Waals surface area contributed by atoms with Gasteiger partial charge in [0.25, 0.3) is 0 Å². The van der Waals surface area contributed by atoms with Gasteiger partial charge in [0.2, 0.25) is 11.8 Å². The molecule has 1 spiro atoms. The van der Waals surface area contributed by atoms with Crippen molar-refractivity contribution in [3.63, 3.8) is 0 Å². The number of hydrogen-bond acceptors (Lipinski definition) is 4. The average Bonchev–Trinajstić information content (AvgIpc) is 2.44. The van der Waals surface area contributed by atoms with Gasteiger partial charge >= 0.3 is 0 Å². The lowest BCUT2D eigenvalue weighted by Gasteiger charge is -2.49. The molecule has 6 heteroatoms. The molecule has 2 fully saturated rings. The molecule has 19 heavy (non-hydrogen) atoms. The summed E-state index contributed by atoms with van der Waals surface area (Å²) in [5.74, 6) is -0.249. The highest BCUT2D eigenvalue weighted by Crippen LogP contribution is 2.30. The minimum atomic E-state index is -0.773. The summed E-state index contributed by atoms with van der Waals surface area (Å²) < 4.78 is 0. The molecule has 2 amide bonds. The fourth-order valence-electron chi connectivity index (χ4n) is 2.98. The van der Waals surface area contributed by atoms with Crippen molar-refractivity contribution in [1.82, 2.24) is 15.5 Å². The van der Waals surface area contributed by atoms with Crippen molar-refractivity contribution >= 4 is 11.8 Å². The van der Waals surface area contributed by atoms with Gasteiger partial charge in [-0.1, -0.05) is 13.3 Å². The van der Waals surface area contributed by atoms with E-state index in [9.17, 15) is 14.7 Å². The molecule has 2 heterocycles. The molecule has 1 unspecified atom stereocenters. The molecule has 0 aromatic heterocycles. The van der Waals surface area contributed by atoms with Crippen LogP contribution in [-0.4, -0.2) is 59.6 Å². The lowest BCUT2D eigenvalue weighted by Crippen LogP contribution is -2.73. The molecule has 2 saturated heterocycles. The van der Waals surface area contributed by atoms with Crippen molar-refractivity contribution < 1.29 is 14.7 Å². The Labute approximate surface area is 113 Å². The first kappa shape index (κ1) is 14.3. The standard InChI is InChI=1S/C13H23N3O3/c1-2-3-8-16-11(18)10(9-17)15-12(19)13(16)4-6-14-7-5-13/h10,14,17H,2-9H2,1H3,(H,15,19). The van der Waals surface area contributed by atoms with Crippen LogP contribution in [0, 0.1) is 0 Å². The van der Waals surface area contributed by atoms with E-state index in [-0.39, 0.29) is 18.4 Å². The zero-order chi connectivity index (χ0) is 13.9. The van der Waals surface area contributed by atoms with Gasteiger partial charge in [-0.05, 0) is 32.4 Å². The number of nitrogens with zero attached hydrogens (tertiary/aromatic N) is 1. The van der Waals surface area contributed by atoms with Crippen LogP contribution in [0.25, 0.3) is 0 Å². The van der Waals surface area contributed by atoms with Crippen LogP contribution in [0.3, 0.4) is 0 Å². The van der Waals surface area contributed by atoms with Crippen molar-refractivity contribution in [2.75, 3.05) is 26.2 Å². The third-order valence-electron chi connectivity index (χ3n) is 4.16. The monoisotopic (exact) mass is 269 g/mol. The molecule has 2 aliphatic heterocycles. The fraction of sp³-hybridized carbons (Fsp3) is 0.846. The lowest BCUT2D eigenvalue weighted by molar-refractivity contribution is -0.160. The Balaban J connectivity index is 2.26. The van der Waals surface area contributed by atoms with E-state index in [1.54, 1.807) is 4.90 Å². The number of aliphatic hydroxyl groups excluding tert-OH is 1. The number of piperidine rings is 1. The third-order valence-corrected chi connectivity index (χ3v) is 4.16. The first-order valence-corrected chi connectivity index (χ1v) is 7.09. The lowest BCUT2D eigenvalue weighted by atomic mass is 9.82. The van der Waals surface area contributed by atoms with Gasteiger partial charge in [-0.15, -0.1) is 0 Å². The zero-order valence-electron chi connectivity index (χ0n) is 11.4. The topological polar surface area (TPSA) is 81.7 Å². The van der Waals surface area contributed by atoms with E-state index in [1.165, 1.54) is 0 Å². The van der Waals surface area contributed by atoms with Crippen LogP contribution >= 0.6 is 0 Å². The summed E-state index contributed by atoms with van der Waals surface area (Å²) in [7, 11) is 0. The molecule has 0 aromatic rings. The Morgan fingerprint density at radius 1 is 1.37 bits per heavy atom. The second-order valence-corrected chi connectivity index (χ2v) is 5.33. The molecule has 0 aliphatic carbocycles. The molecule has 0 bridgehead atoms. The van der Waals surface area contributed by atoms with E-state index < -0.39 is 11.6 Å². The number of unbranched alkanes of at least 4 members (excludes halogenated alkanes) is 1. The Bertz CT molecular complexity index is 353. The van der Waals surface area contributed by atoms with E-state index in [4.69, 9.17) is 0 Å². The molecule has 1 atom stereocenters. The number of carbonyl (C=O) groups excluding carboxylic acids is 2. The van der Waals surface area contributed by atoms with Crippen molar-refractivity contribution in [1.29, 1.82) is 0 Å². The van der Waals surface area contributed by atoms with E-state index in [1.807, 2.05) is 0 Å². The van der Waals surface area contributed by atoms with Crippen LogP contribution in [0.5, 0.6) is 0 Å². The number of amides is 2. The highest BCUT2D eigenvalue weighted by Gasteiger charge is 2.52. The van der Waals surface area contributed by atoms with Gasteiger partial charge in [0.15, 0.2) is 0 Å². The normalized spacial score (nSPS) is 26.6. The van der Waals surface area contributed by atoms with E-state index in [0.717, 1.165) is 25.9 Å². The number of nitrogens with one attached hydrogen (secondary N) is 2. The van der Waals surface area contributed by atoms with E-state index in [2.05, 4.69) is 17.6 Å². The van der Waals surface area contributed by atoms with Crippen LogP contribution in [0.15, 0.2) is 0 Å². The van der Waals surface area contributed by atoms with Crippen LogP contribution in [0.4, 0.5) is 0 Å². The molecule has 0 saturated carbocycles. The number of rotatable bonds is 4. The smallest absolute Gasteiger partial charge is 0.248 e. The van der Waals surface area contributed by atoms with Gasteiger partial charge < -0.3 is 20.6 Å². The van der Waals surface area contributed by atoms with Crippen molar-refractivity contribution in [2.45, 2.75) is 44.2 Å². The van der Waals surface area contributed by atoms with Gasteiger partial charge in [-0.25, -0.2) is 0 Å². The first-order valence-electron chi connectivity index (χ1n) is 7.09. The number of hydrogen-bond donors (Lipinski definition) is 3. The summed E-state index contributed by atoms with van der Waals surface area (Å²) in [5.41, 5.74) is -0.705. The van der Waals surface area contributed by atoms with Crippen LogP contribution in [-0.2, 0) is 9.59 Å². The molecule has 0 radical (unpaired) electrons. The second-order valence-electron chi connectivity index (χ2n) is 5.33. The number of aliphatic hydroxyl groups is 1. The SMILES string of the molecule is CCCCN1C(=O)C(CO)NC(=O)C12CCNCC2. The Morgan fingerprint density at radius 2 is 2.05 bits per heavy atom. The van der Waals surface area contributed by atoms with E-state index >= 15 is 0 Å². The predicted molar refractivity (Wildman–Crippen MR) is 70.5 cm³/mol. The maximum atomic E-state index is 12.4. The highest BCUT2D eigenvalue weighted by atomic mass is 16.3. The Hall–Kier alpha value is -1.14. The molecule has 6 nitrogen and oxygen atoms in total. The minimum Gasteiger partial charge on any atom is -0.394 e. The minimum absolute atomic E-state index is 0.108. The fourth-order valence-corrected chi connectivity index (χ4v) is 2.98.